The number of hydrogen-bond acceptors (Lipinski definition) is 0. The van der Waals surface area contributed by atoms with Crippen molar-refractivity contribution in [3.8, 4) is 0 Å². The first-order valence-electron chi connectivity index (χ1n) is 12.3. The summed E-state index contributed by atoms with van der Waals surface area (Å²) in [5, 5.41) is 4.99. The van der Waals surface area contributed by atoms with Gasteiger partial charge in [-0.15, -0.1) is 12.4 Å². The van der Waals surface area contributed by atoms with Gasteiger partial charge in [0.1, 0.15) is 0 Å². The molecule has 2 heteroatoms. The molecule has 0 saturated heterocycles. The average molecular weight is 403 g/mol. The second kappa shape index (κ2) is 25.8. The Morgan fingerprint density at radius 2 is 0.577 bits per heavy atom. The first kappa shape index (κ1) is 29.0. The molecule has 0 atom stereocenters. The zero-order chi connectivity index (χ0) is 18.4. The maximum absolute atomic E-state index is 2.32. The van der Waals surface area contributed by atoms with Gasteiger partial charge in [0.2, 0.25) is 0 Å². The molecule has 0 heterocycles. The van der Waals surface area contributed by atoms with Crippen molar-refractivity contribution in [3.63, 3.8) is 0 Å². The smallest absolute Gasteiger partial charge is 0.147 e. The quantitative estimate of drug-likeness (QED) is 0.132. The lowest BCUT2D eigenvalue weighted by molar-refractivity contribution is 0.610. The summed E-state index contributed by atoms with van der Waals surface area (Å²) in [5.41, 5.74) is 0. The molecule has 0 saturated carbocycles. The minimum absolute atomic E-state index is 0. The first-order valence-corrected chi connectivity index (χ1v) is 14.8. The summed E-state index contributed by atoms with van der Waals surface area (Å²) < 4.78 is 0. The van der Waals surface area contributed by atoms with Crippen LogP contribution in [0.1, 0.15) is 136 Å². The zero-order valence-corrected chi connectivity index (χ0v) is 20.8. The van der Waals surface area contributed by atoms with Gasteiger partial charge in [-0.25, -0.2) is 0 Å². The molecule has 0 unspecified atom stereocenters. The van der Waals surface area contributed by atoms with E-state index in [1.807, 2.05) is 0 Å². The van der Waals surface area contributed by atoms with Crippen molar-refractivity contribution >= 4 is 26.6 Å². The third-order valence-electron chi connectivity index (χ3n) is 5.90. The van der Waals surface area contributed by atoms with E-state index in [1.54, 1.807) is 35.1 Å². The van der Waals surface area contributed by atoms with Crippen LogP contribution in [0.15, 0.2) is 0 Å². The Kier molecular flexibility index (Phi) is 28.8. The SMILES string of the molecule is CCCCCCC[CH2][Al]([CH2]CCCCCCC)[CH2]CCCCCCC.Cl. The first-order chi connectivity index (χ1) is 12.3. The van der Waals surface area contributed by atoms with Crippen molar-refractivity contribution < 1.29 is 0 Å². The molecule has 0 aromatic heterocycles. The summed E-state index contributed by atoms with van der Waals surface area (Å²) >= 11 is -0.410. The fourth-order valence-corrected chi connectivity index (χ4v) is 7.54. The molecule has 0 aliphatic rings. The van der Waals surface area contributed by atoms with Crippen molar-refractivity contribution in [1.29, 1.82) is 0 Å². The summed E-state index contributed by atoms with van der Waals surface area (Å²) in [6.07, 6.45) is 26.7. The summed E-state index contributed by atoms with van der Waals surface area (Å²) in [5.74, 6) is 0. The van der Waals surface area contributed by atoms with Gasteiger partial charge in [-0.3, -0.25) is 0 Å². The molecular formula is C24H52AlCl. The van der Waals surface area contributed by atoms with Crippen LogP contribution in [0.4, 0.5) is 0 Å². The predicted octanol–water partition coefficient (Wildman–Crippen LogP) is 9.98. The fraction of sp³-hybridized carbons (Fsp3) is 1.00. The second-order valence-corrected chi connectivity index (χ2v) is 12.0. The van der Waals surface area contributed by atoms with Crippen molar-refractivity contribution in [2.75, 3.05) is 0 Å². The molecule has 0 N–H and O–H groups in total. The minimum atomic E-state index is -0.410. The standard InChI is InChI=1S/3C8H17.Al.ClH/c3*1-3-5-7-8-6-4-2;;/h3*1,3-8H2,2H3;;1H. The van der Waals surface area contributed by atoms with Crippen LogP contribution < -0.4 is 0 Å². The van der Waals surface area contributed by atoms with Crippen LogP contribution in [-0.4, -0.2) is 14.1 Å². The van der Waals surface area contributed by atoms with Gasteiger partial charge in [-0.1, -0.05) is 152 Å². The van der Waals surface area contributed by atoms with Crippen LogP contribution >= 0.6 is 12.4 Å². The molecule has 26 heavy (non-hydrogen) atoms. The van der Waals surface area contributed by atoms with Crippen LogP contribution in [0.5, 0.6) is 0 Å². The van der Waals surface area contributed by atoms with Gasteiger partial charge in [-0.2, -0.15) is 0 Å². The molecule has 0 nitrogen and oxygen atoms in total. The molecular weight excluding hydrogens is 351 g/mol. The maximum atomic E-state index is 2.32. The van der Waals surface area contributed by atoms with E-state index in [9.17, 15) is 0 Å². The van der Waals surface area contributed by atoms with Gasteiger partial charge in [-0.05, 0) is 0 Å². The van der Waals surface area contributed by atoms with Gasteiger partial charge >= 0.3 is 0 Å². The topological polar surface area (TPSA) is 0 Å². The molecule has 0 rings (SSSR count). The molecule has 0 spiro atoms. The van der Waals surface area contributed by atoms with E-state index in [4.69, 9.17) is 0 Å². The lowest BCUT2D eigenvalue weighted by Crippen LogP contribution is -2.12. The van der Waals surface area contributed by atoms with Crippen molar-refractivity contribution in [1.82, 2.24) is 0 Å². The number of unbranched alkanes of at least 4 members (excludes halogenated alkanes) is 15. The number of rotatable bonds is 21. The van der Waals surface area contributed by atoms with E-state index in [-0.39, 0.29) is 12.4 Å². The van der Waals surface area contributed by atoms with E-state index in [0.717, 1.165) is 0 Å². The summed E-state index contributed by atoms with van der Waals surface area (Å²) in [6, 6.07) is 0. The predicted molar refractivity (Wildman–Crippen MR) is 128 cm³/mol. The Hall–Kier alpha value is 0.822. The third-order valence-corrected chi connectivity index (χ3v) is 9.57. The molecule has 158 valence electrons. The van der Waals surface area contributed by atoms with Gasteiger partial charge in [0, 0.05) is 0 Å². The Labute approximate surface area is 178 Å². The Balaban J connectivity index is 0. The second-order valence-electron chi connectivity index (χ2n) is 8.54. The normalized spacial score (nSPS) is 10.7. The summed E-state index contributed by atoms with van der Waals surface area (Å²) in [6.45, 7) is 6.97. The van der Waals surface area contributed by atoms with Crippen LogP contribution in [0.25, 0.3) is 0 Å². The molecule has 0 radical (unpaired) electrons. The van der Waals surface area contributed by atoms with Gasteiger partial charge < -0.3 is 0 Å². The molecule has 0 amide bonds. The molecule has 0 aliphatic carbocycles. The molecule has 0 fully saturated rings. The Morgan fingerprint density at radius 1 is 0.346 bits per heavy atom. The zero-order valence-electron chi connectivity index (χ0n) is 18.8. The van der Waals surface area contributed by atoms with Crippen molar-refractivity contribution in [2.45, 2.75) is 152 Å². The highest BCUT2D eigenvalue weighted by Crippen LogP contribution is 2.20. The lowest BCUT2D eigenvalue weighted by Gasteiger charge is -2.12. The van der Waals surface area contributed by atoms with E-state index in [0.29, 0.717) is 0 Å². The summed E-state index contributed by atoms with van der Waals surface area (Å²) in [7, 11) is 0. The Morgan fingerprint density at radius 3 is 0.846 bits per heavy atom. The maximum Gasteiger partial charge on any atom is 0.261 e. The van der Waals surface area contributed by atoms with Gasteiger partial charge in [0.25, 0.3) is 14.1 Å². The number of halogens is 1. The van der Waals surface area contributed by atoms with Crippen LogP contribution in [-0.2, 0) is 0 Å². The van der Waals surface area contributed by atoms with E-state index < -0.39 is 14.1 Å². The van der Waals surface area contributed by atoms with Crippen LogP contribution in [0, 0.1) is 0 Å². The van der Waals surface area contributed by atoms with Crippen molar-refractivity contribution in [3.05, 3.63) is 0 Å². The molecule has 0 aliphatic heterocycles. The van der Waals surface area contributed by atoms with E-state index in [2.05, 4.69) is 20.8 Å². The largest absolute Gasteiger partial charge is 0.261 e. The fourth-order valence-electron chi connectivity index (χ4n) is 4.07. The van der Waals surface area contributed by atoms with E-state index >= 15 is 0 Å². The minimum Gasteiger partial charge on any atom is -0.147 e. The van der Waals surface area contributed by atoms with Crippen LogP contribution in [0.2, 0.25) is 15.8 Å². The van der Waals surface area contributed by atoms with Gasteiger partial charge in [0.05, 0.1) is 0 Å². The highest BCUT2D eigenvalue weighted by molar-refractivity contribution is 6.58. The number of hydrogen-bond donors (Lipinski definition) is 0. The molecule has 0 bridgehead atoms. The third kappa shape index (κ3) is 22.9. The van der Waals surface area contributed by atoms with E-state index in [1.165, 1.54) is 96.3 Å². The highest BCUT2D eigenvalue weighted by atomic mass is 35.5. The van der Waals surface area contributed by atoms with Crippen LogP contribution in [0.3, 0.4) is 0 Å². The van der Waals surface area contributed by atoms with Gasteiger partial charge in [0.15, 0.2) is 0 Å². The highest BCUT2D eigenvalue weighted by Gasteiger charge is 2.15. The Bertz CT molecular complexity index is 194. The monoisotopic (exact) mass is 402 g/mol. The van der Waals surface area contributed by atoms with Crippen molar-refractivity contribution in [2.24, 2.45) is 0 Å². The molecule has 0 aromatic rings. The average Bonchev–Trinajstić information content (AvgIpc) is 2.63. The lowest BCUT2D eigenvalue weighted by atomic mass is 10.1. The molecule has 0 aromatic carbocycles. The summed E-state index contributed by atoms with van der Waals surface area (Å²) in [4.78, 5) is 0.